The van der Waals surface area contributed by atoms with Gasteiger partial charge in [-0.25, -0.2) is 4.98 Å². The number of aromatic nitrogens is 1. The molecule has 0 aliphatic carbocycles. The van der Waals surface area contributed by atoms with Crippen molar-refractivity contribution in [2.75, 3.05) is 18.4 Å². The quantitative estimate of drug-likeness (QED) is 0.806. The van der Waals surface area contributed by atoms with Crippen LogP contribution in [0.25, 0.3) is 0 Å². The van der Waals surface area contributed by atoms with Gasteiger partial charge in [-0.1, -0.05) is 23.8 Å². The molecule has 0 radical (unpaired) electrons. The second-order valence-electron chi connectivity index (χ2n) is 4.26. The predicted molar refractivity (Wildman–Crippen MR) is 76.2 cm³/mol. The monoisotopic (exact) mass is 255 g/mol. The molecule has 2 N–H and O–H groups in total. The summed E-state index contributed by atoms with van der Waals surface area (Å²) in [6.07, 6.45) is 1.73. The first-order valence-electron chi connectivity index (χ1n) is 6.25. The van der Waals surface area contributed by atoms with E-state index in [9.17, 15) is 4.79 Å². The highest BCUT2D eigenvalue weighted by Crippen LogP contribution is 2.02. The molecular formula is C15H17N3O. The summed E-state index contributed by atoms with van der Waals surface area (Å²) < 4.78 is 0. The highest BCUT2D eigenvalue weighted by molar-refractivity contribution is 5.94. The van der Waals surface area contributed by atoms with Crippen molar-refractivity contribution < 1.29 is 4.79 Å². The minimum atomic E-state index is -0.0529. The Balaban J connectivity index is 1.74. The molecule has 0 unspecified atom stereocenters. The van der Waals surface area contributed by atoms with E-state index in [0.29, 0.717) is 18.7 Å². The molecule has 0 aliphatic rings. The molecular weight excluding hydrogens is 238 g/mol. The highest BCUT2D eigenvalue weighted by atomic mass is 16.1. The van der Waals surface area contributed by atoms with Crippen molar-refractivity contribution >= 4 is 11.7 Å². The van der Waals surface area contributed by atoms with Crippen molar-refractivity contribution in [2.45, 2.75) is 6.92 Å². The zero-order chi connectivity index (χ0) is 13.5. The molecule has 0 atom stereocenters. The fourth-order valence-electron chi connectivity index (χ4n) is 1.64. The van der Waals surface area contributed by atoms with Crippen molar-refractivity contribution in [1.29, 1.82) is 0 Å². The molecule has 1 aromatic carbocycles. The van der Waals surface area contributed by atoms with Gasteiger partial charge in [0.25, 0.3) is 5.91 Å². The molecule has 0 saturated heterocycles. The van der Waals surface area contributed by atoms with Crippen LogP contribution in [0.2, 0.25) is 0 Å². The molecule has 19 heavy (non-hydrogen) atoms. The average Bonchev–Trinajstić information content (AvgIpc) is 2.45. The van der Waals surface area contributed by atoms with Gasteiger partial charge in [0.1, 0.15) is 5.82 Å². The van der Waals surface area contributed by atoms with Crippen LogP contribution in [0, 0.1) is 6.92 Å². The zero-order valence-corrected chi connectivity index (χ0v) is 10.9. The lowest BCUT2D eigenvalue weighted by atomic mass is 10.1. The Kier molecular flexibility index (Phi) is 4.50. The van der Waals surface area contributed by atoms with E-state index in [1.807, 2.05) is 49.4 Å². The van der Waals surface area contributed by atoms with E-state index in [1.54, 1.807) is 6.20 Å². The van der Waals surface area contributed by atoms with E-state index in [4.69, 9.17) is 0 Å². The smallest absolute Gasteiger partial charge is 0.251 e. The van der Waals surface area contributed by atoms with E-state index >= 15 is 0 Å². The molecule has 0 bridgehead atoms. The summed E-state index contributed by atoms with van der Waals surface area (Å²) in [5, 5.41) is 5.99. The first-order valence-corrected chi connectivity index (χ1v) is 6.25. The molecule has 0 spiro atoms. The summed E-state index contributed by atoms with van der Waals surface area (Å²) in [5.74, 6) is 0.759. The van der Waals surface area contributed by atoms with Crippen LogP contribution in [0.3, 0.4) is 0 Å². The Hall–Kier alpha value is -2.36. The van der Waals surface area contributed by atoms with Crippen LogP contribution in [-0.4, -0.2) is 24.0 Å². The van der Waals surface area contributed by atoms with E-state index < -0.39 is 0 Å². The van der Waals surface area contributed by atoms with Gasteiger partial charge >= 0.3 is 0 Å². The van der Waals surface area contributed by atoms with Crippen LogP contribution in [0.5, 0.6) is 0 Å². The normalized spacial score (nSPS) is 9.95. The summed E-state index contributed by atoms with van der Waals surface area (Å²) in [6, 6.07) is 13.2. The van der Waals surface area contributed by atoms with Crippen LogP contribution in [0.15, 0.2) is 48.7 Å². The summed E-state index contributed by atoms with van der Waals surface area (Å²) in [5.41, 5.74) is 1.83. The van der Waals surface area contributed by atoms with Gasteiger partial charge in [-0.05, 0) is 31.2 Å². The maximum absolute atomic E-state index is 11.8. The van der Waals surface area contributed by atoms with Gasteiger partial charge in [-0.2, -0.15) is 0 Å². The van der Waals surface area contributed by atoms with Gasteiger partial charge in [0.15, 0.2) is 0 Å². The Morgan fingerprint density at radius 3 is 2.58 bits per heavy atom. The molecule has 98 valence electrons. The minimum absolute atomic E-state index is 0.0529. The lowest BCUT2D eigenvalue weighted by Crippen LogP contribution is -2.28. The van der Waals surface area contributed by atoms with Gasteiger partial charge in [0, 0.05) is 24.8 Å². The van der Waals surface area contributed by atoms with E-state index in [1.165, 1.54) is 0 Å². The number of amides is 1. The number of aryl methyl sites for hydroxylation is 1. The van der Waals surface area contributed by atoms with E-state index in [2.05, 4.69) is 15.6 Å². The average molecular weight is 255 g/mol. The summed E-state index contributed by atoms with van der Waals surface area (Å²) in [6.45, 7) is 3.20. The fourth-order valence-corrected chi connectivity index (χ4v) is 1.64. The van der Waals surface area contributed by atoms with Crippen LogP contribution in [0.1, 0.15) is 15.9 Å². The number of hydrogen-bond donors (Lipinski definition) is 2. The number of rotatable bonds is 5. The maximum atomic E-state index is 11.8. The zero-order valence-electron chi connectivity index (χ0n) is 10.9. The number of carbonyl (C=O) groups excluding carboxylic acids is 1. The fraction of sp³-hybridized carbons (Fsp3) is 0.200. The van der Waals surface area contributed by atoms with Crippen molar-refractivity contribution in [3.05, 3.63) is 59.8 Å². The largest absolute Gasteiger partial charge is 0.368 e. The second kappa shape index (κ2) is 6.54. The molecule has 0 fully saturated rings. The van der Waals surface area contributed by atoms with Crippen molar-refractivity contribution in [3.8, 4) is 0 Å². The summed E-state index contributed by atoms with van der Waals surface area (Å²) in [4.78, 5) is 16.0. The molecule has 0 aliphatic heterocycles. The second-order valence-corrected chi connectivity index (χ2v) is 4.26. The van der Waals surface area contributed by atoms with Gasteiger partial charge in [0.2, 0.25) is 0 Å². The third-order valence-corrected chi connectivity index (χ3v) is 2.70. The van der Waals surface area contributed by atoms with E-state index in [-0.39, 0.29) is 5.91 Å². The molecule has 1 heterocycles. The summed E-state index contributed by atoms with van der Waals surface area (Å²) in [7, 11) is 0. The molecule has 1 aromatic heterocycles. The number of hydrogen-bond acceptors (Lipinski definition) is 3. The summed E-state index contributed by atoms with van der Waals surface area (Å²) >= 11 is 0. The number of anilines is 1. The predicted octanol–water partition coefficient (Wildman–Crippen LogP) is 2.23. The first kappa shape index (κ1) is 13.1. The molecule has 4 nitrogen and oxygen atoms in total. The van der Waals surface area contributed by atoms with Gasteiger partial charge < -0.3 is 10.6 Å². The number of nitrogens with one attached hydrogen (secondary N) is 2. The van der Waals surface area contributed by atoms with Gasteiger partial charge in [-0.15, -0.1) is 0 Å². The number of benzene rings is 1. The number of nitrogens with zero attached hydrogens (tertiary/aromatic N) is 1. The Morgan fingerprint density at radius 2 is 1.89 bits per heavy atom. The Labute approximate surface area is 112 Å². The minimum Gasteiger partial charge on any atom is -0.368 e. The topological polar surface area (TPSA) is 54.0 Å². The molecule has 0 saturated carbocycles. The number of carbonyl (C=O) groups is 1. The SMILES string of the molecule is Cc1ccc(C(=O)NCCNc2ccccn2)cc1. The Bertz CT molecular complexity index is 523. The third kappa shape index (κ3) is 4.10. The molecule has 1 amide bonds. The maximum Gasteiger partial charge on any atom is 0.251 e. The highest BCUT2D eigenvalue weighted by Gasteiger charge is 2.03. The first-order chi connectivity index (χ1) is 9.25. The Morgan fingerprint density at radius 1 is 1.11 bits per heavy atom. The lowest BCUT2D eigenvalue weighted by Gasteiger charge is -2.07. The van der Waals surface area contributed by atoms with E-state index in [0.717, 1.165) is 11.4 Å². The van der Waals surface area contributed by atoms with Crippen LogP contribution >= 0.6 is 0 Å². The van der Waals surface area contributed by atoms with Crippen LogP contribution in [-0.2, 0) is 0 Å². The molecule has 2 rings (SSSR count). The van der Waals surface area contributed by atoms with Crippen molar-refractivity contribution in [2.24, 2.45) is 0 Å². The van der Waals surface area contributed by atoms with Gasteiger partial charge in [-0.3, -0.25) is 4.79 Å². The van der Waals surface area contributed by atoms with Crippen LogP contribution in [0.4, 0.5) is 5.82 Å². The van der Waals surface area contributed by atoms with Gasteiger partial charge in [0.05, 0.1) is 0 Å². The standard InChI is InChI=1S/C15H17N3O/c1-12-5-7-13(8-6-12)15(19)18-11-10-17-14-4-2-3-9-16-14/h2-9H,10-11H2,1H3,(H,16,17)(H,18,19). The van der Waals surface area contributed by atoms with Crippen molar-refractivity contribution in [3.63, 3.8) is 0 Å². The molecule has 4 heteroatoms. The number of pyridine rings is 1. The lowest BCUT2D eigenvalue weighted by molar-refractivity contribution is 0.0955. The van der Waals surface area contributed by atoms with Crippen LogP contribution < -0.4 is 10.6 Å². The molecule has 2 aromatic rings. The van der Waals surface area contributed by atoms with Crippen molar-refractivity contribution in [1.82, 2.24) is 10.3 Å². The third-order valence-electron chi connectivity index (χ3n) is 2.70.